The van der Waals surface area contributed by atoms with Gasteiger partial charge in [-0.1, -0.05) is 0 Å². The zero-order valence-corrected chi connectivity index (χ0v) is 10.7. The molecule has 2 fully saturated rings. The number of anilines is 1. The molecule has 2 N–H and O–H groups in total. The maximum absolute atomic E-state index is 13.0. The minimum Gasteiger partial charge on any atom is -0.368 e. The summed E-state index contributed by atoms with van der Waals surface area (Å²) in [6.07, 6.45) is -1.53. The summed E-state index contributed by atoms with van der Waals surface area (Å²) >= 11 is 0. The van der Waals surface area contributed by atoms with Crippen LogP contribution in [0, 0.1) is 5.92 Å². The van der Waals surface area contributed by atoms with E-state index in [2.05, 4.69) is 10.4 Å². The second-order valence-electron chi connectivity index (χ2n) is 5.33. The minimum absolute atomic E-state index is 0.113. The van der Waals surface area contributed by atoms with E-state index in [1.165, 1.54) is 0 Å². The number of fused-ring (bicyclic) bond motifs is 1. The van der Waals surface area contributed by atoms with Gasteiger partial charge < -0.3 is 10.2 Å². The summed E-state index contributed by atoms with van der Waals surface area (Å²) in [5.41, 5.74) is -2.44. The van der Waals surface area contributed by atoms with Crippen LogP contribution in [0.4, 0.5) is 18.9 Å². The van der Waals surface area contributed by atoms with Crippen molar-refractivity contribution in [3.05, 3.63) is 22.1 Å². The highest BCUT2D eigenvalue weighted by Crippen LogP contribution is 2.36. The predicted molar refractivity (Wildman–Crippen MR) is 66.6 cm³/mol. The summed E-state index contributed by atoms with van der Waals surface area (Å²) in [7, 11) is 0. The van der Waals surface area contributed by atoms with Gasteiger partial charge in [0.1, 0.15) is 5.56 Å². The van der Waals surface area contributed by atoms with Crippen molar-refractivity contribution < 1.29 is 13.2 Å². The molecule has 0 bridgehead atoms. The number of piperidine rings is 1. The highest BCUT2D eigenvalue weighted by atomic mass is 19.4. The third-order valence-electron chi connectivity index (χ3n) is 4.06. The number of alkyl halides is 3. The van der Waals surface area contributed by atoms with E-state index in [0.29, 0.717) is 19.0 Å². The quantitative estimate of drug-likeness (QED) is 0.808. The maximum Gasteiger partial charge on any atom is 0.423 e. The summed E-state index contributed by atoms with van der Waals surface area (Å²) in [6, 6.07) is 0.198. The first-order chi connectivity index (χ1) is 9.47. The number of H-pyrrole nitrogens is 1. The lowest BCUT2D eigenvalue weighted by Crippen LogP contribution is -2.40. The zero-order chi connectivity index (χ0) is 14.3. The van der Waals surface area contributed by atoms with E-state index in [1.807, 2.05) is 5.10 Å². The molecule has 110 valence electrons. The molecule has 0 amide bonds. The number of aromatic nitrogens is 2. The van der Waals surface area contributed by atoms with E-state index in [4.69, 9.17) is 0 Å². The maximum atomic E-state index is 13.0. The smallest absolute Gasteiger partial charge is 0.368 e. The highest BCUT2D eigenvalue weighted by molar-refractivity contribution is 5.53. The first-order valence-electron chi connectivity index (χ1n) is 6.60. The molecule has 0 unspecified atom stereocenters. The van der Waals surface area contributed by atoms with Gasteiger partial charge >= 0.3 is 6.18 Å². The van der Waals surface area contributed by atoms with Crippen molar-refractivity contribution in [1.29, 1.82) is 0 Å². The number of rotatable bonds is 1. The summed E-state index contributed by atoms with van der Waals surface area (Å²) in [4.78, 5) is 13.1. The lowest BCUT2D eigenvalue weighted by atomic mass is 9.94. The Kier molecular flexibility index (Phi) is 3.19. The van der Waals surface area contributed by atoms with Crippen LogP contribution in [0.3, 0.4) is 0 Å². The van der Waals surface area contributed by atoms with Gasteiger partial charge in [0.25, 0.3) is 5.56 Å². The number of nitrogens with one attached hydrogen (secondary N) is 2. The van der Waals surface area contributed by atoms with Gasteiger partial charge in [-0.25, -0.2) is 5.10 Å². The molecule has 2 saturated heterocycles. The number of halogens is 3. The van der Waals surface area contributed by atoms with Gasteiger partial charge in [0.15, 0.2) is 0 Å². The molecule has 2 aliphatic rings. The molecule has 0 aliphatic carbocycles. The molecule has 8 heteroatoms. The summed E-state index contributed by atoms with van der Waals surface area (Å²) in [5, 5.41) is 8.71. The van der Waals surface area contributed by atoms with Gasteiger partial charge in [-0.05, 0) is 25.3 Å². The van der Waals surface area contributed by atoms with Gasteiger partial charge in [-0.15, -0.1) is 0 Å². The summed E-state index contributed by atoms with van der Waals surface area (Å²) < 4.78 is 39.1. The van der Waals surface area contributed by atoms with Crippen LogP contribution in [0.15, 0.2) is 11.0 Å². The SMILES string of the molecule is O=c1[nH]ncc(N2C[C@H]3CCCN[C@H]3C2)c1C(F)(F)F. The first kappa shape index (κ1) is 13.4. The van der Waals surface area contributed by atoms with E-state index >= 15 is 0 Å². The standard InChI is InChI=1S/C12H15F3N4O/c13-12(14,15)10-9(4-17-18-11(10)20)19-5-7-2-1-3-16-8(7)6-19/h4,7-8,16H,1-3,5-6H2,(H,18,20)/t7-,8+/m1/s1. The van der Waals surface area contributed by atoms with Gasteiger partial charge in [-0.2, -0.15) is 18.3 Å². The Morgan fingerprint density at radius 1 is 1.35 bits per heavy atom. The van der Waals surface area contributed by atoms with Crippen molar-refractivity contribution in [2.75, 3.05) is 24.5 Å². The van der Waals surface area contributed by atoms with E-state index < -0.39 is 17.3 Å². The summed E-state index contributed by atoms with van der Waals surface area (Å²) in [6.45, 7) is 1.92. The van der Waals surface area contributed by atoms with Crippen LogP contribution in [0.25, 0.3) is 0 Å². The van der Waals surface area contributed by atoms with Gasteiger partial charge in [0.2, 0.25) is 0 Å². The molecule has 2 aliphatic heterocycles. The Morgan fingerprint density at radius 3 is 2.85 bits per heavy atom. The average Bonchev–Trinajstić information content (AvgIpc) is 2.80. The third-order valence-corrected chi connectivity index (χ3v) is 4.06. The number of hydrogen-bond donors (Lipinski definition) is 2. The molecule has 1 aromatic rings. The summed E-state index contributed by atoms with van der Waals surface area (Å²) in [5.74, 6) is 0.337. The van der Waals surface area contributed by atoms with E-state index in [0.717, 1.165) is 25.6 Å². The average molecular weight is 288 g/mol. The van der Waals surface area contributed by atoms with Crippen molar-refractivity contribution in [1.82, 2.24) is 15.5 Å². The fourth-order valence-electron chi connectivity index (χ4n) is 3.15. The van der Waals surface area contributed by atoms with Crippen molar-refractivity contribution in [3.63, 3.8) is 0 Å². The lowest BCUT2D eigenvalue weighted by Gasteiger charge is -2.24. The second kappa shape index (κ2) is 4.76. The molecule has 20 heavy (non-hydrogen) atoms. The van der Waals surface area contributed by atoms with E-state index in [9.17, 15) is 18.0 Å². The normalized spacial score (nSPS) is 26.6. The molecule has 3 heterocycles. The predicted octanol–water partition coefficient (Wildman–Crippen LogP) is 0.977. The molecule has 0 radical (unpaired) electrons. The van der Waals surface area contributed by atoms with E-state index in [-0.39, 0.29) is 11.7 Å². The third kappa shape index (κ3) is 2.28. The fourth-order valence-corrected chi connectivity index (χ4v) is 3.15. The number of nitrogens with zero attached hydrogens (tertiary/aromatic N) is 2. The Bertz CT molecular complexity index is 542. The molecule has 3 rings (SSSR count). The van der Waals surface area contributed by atoms with Crippen LogP contribution in [0.5, 0.6) is 0 Å². The van der Waals surface area contributed by atoms with Crippen LogP contribution in [-0.2, 0) is 6.18 Å². The Hall–Kier alpha value is -1.57. The van der Waals surface area contributed by atoms with E-state index in [1.54, 1.807) is 4.90 Å². The molecular weight excluding hydrogens is 273 g/mol. The van der Waals surface area contributed by atoms with Crippen LogP contribution in [-0.4, -0.2) is 35.9 Å². The Morgan fingerprint density at radius 2 is 2.15 bits per heavy atom. The van der Waals surface area contributed by atoms with Crippen molar-refractivity contribution in [3.8, 4) is 0 Å². The van der Waals surface area contributed by atoms with Gasteiger partial charge in [-0.3, -0.25) is 4.79 Å². The topological polar surface area (TPSA) is 61.0 Å². The van der Waals surface area contributed by atoms with Crippen molar-refractivity contribution >= 4 is 5.69 Å². The molecular formula is C12H15F3N4O. The lowest BCUT2D eigenvalue weighted by molar-refractivity contribution is -0.138. The van der Waals surface area contributed by atoms with Crippen LogP contribution >= 0.6 is 0 Å². The van der Waals surface area contributed by atoms with Crippen molar-refractivity contribution in [2.24, 2.45) is 5.92 Å². The van der Waals surface area contributed by atoms with Crippen molar-refractivity contribution in [2.45, 2.75) is 25.1 Å². The molecule has 0 spiro atoms. The first-order valence-corrected chi connectivity index (χ1v) is 6.60. The minimum atomic E-state index is -4.67. The second-order valence-corrected chi connectivity index (χ2v) is 5.33. The zero-order valence-electron chi connectivity index (χ0n) is 10.7. The van der Waals surface area contributed by atoms with Gasteiger partial charge in [0, 0.05) is 19.1 Å². The molecule has 2 atom stereocenters. The number of aromatic amines is 1. The van der Waals surface area contributed by atoms with Crippen LogP contribution < -0.4 is 15.8 Å². The van der Waals surface area contributed by atoms with Crippen LogP contribution in [0.1, 0.15) is 18.4 Å². The van der Waals surface area contributed by atoms with Gasteiger partial charge in [0.05, 0.1) is 11.9 Å². The van der Waals surface area contributed by atoms with Crippen LogP contribution in [0.2, 0.25) is 0 Å². The molecule has 0 saturated carbocycles. The molecule has 1 aromatic heterocycles. The Labute approximate surface area is 113 Å². The Balaban J connectivity index is 1.95. The molecule has 0 aromatic carbocycles. The highest BCUT2D eigenvalue weighted by Gasteiger charge is 2.42. The largest absolute Gasteiger partial charge is 0.423 e. The number of hydrogen-bond acceptors (Lipinski definition) is 4. The molecule has 5 nitrogen and oxygen atoms in total. The fraction of sp³-hybridized carbons (Fsp3) is 0.667. The monoisotopic (exact) mass is 288 g/mol.